The summed E-state index contributed by atoms with van der Waals surface area (Å²) in [5.74, 6) is 2.41. The van der Waals surface area contributed by atoms with Crippen LogP contribution in [0.3, 0.4) is 0 Å². The lowest BCUT2D eigenvalue weighted by Gasteiger charge is -2.05. The number of carbonyl (C=O) groups is 1. The number of carbonyl (C=O) groups excluding carboxylic acids is 1. The molecular formula is C11H12OS. The topological polar surface area (TPSA) is 17.1 Å². The van der Waals surface area contributed by atoms with Gasteiger partial charge in [0.2, 0.25) is 0 Å². The Balaban J connectivity index is 2.46. The third-order valence-corrected chi connectivity index (χ3v) is 3.61. The van der Waals surface area contributed by atoms with E-state index in [9.17, 15) is 4.79 Å². The fourth-order valence-electron chi connectivity index (χ4n) is 1.57. The summed E-state index contributed by atoms with van der Waals surface area (Å²) >= 11 is 1.85. The first-order valence-corrected chi connectivity index (χ1v) is 5.64. The molecule has 0 saturated carbocycles. The van der Waals surface area contributed by atoms with Crippen LogP contribution >= 0.6 is 11.8 Å². The van der Waals surface area contributed by atoms with E-state index in [4.69, 9.17) is 0 Å². The zero-order chi connectivity index (χ0) is 9.26. The van der Waals surface area contributed by atoms with Crippen molar-refractivity contribution in [3.8, 4) is 0 Å². The predicted molar refractivity (Wildman–Crippen MR) is 56.1 cm³/mol. The van der Waals surface area contributed by atoms with Gasteiger partial charge in [-0.25, -0.2) is 0 Å². The van der Waals surface area contributed by atoms with Gasteiger partial charge in [0, 0.05) is 23.0 Å². The van der Waals surface area contributed by atoms with E-state index in [0.29, 0.717) is 5.78 Å². The normalized spacial score (nSPS) is 22.2. The molecule has 13 heavy (non-hydrogen) atoms. The van der Waals surface area contributed by atoms with Gasteiger partial charge in [0.05, 0.1) is 0 Å². The number of hydrogen-bond donors (Lipinski definition) is 0. The van der Waals surface area contributed by atoms with E-state index in [-0.39, 0.29) is 5.92 Å². The molecule has 1 unspecified atom stereocenters. The average molecular weight is 192 g/mol. The van der Waals surface area contributed by atoms with Gasteiger partial charge in [-0.15, -0.1) is 0 Å². The van der Waals surface area contributed by atoms with Gasteiger partial charge in [0.1, 0.15) is 0 Å². The summed E-state index contributed by atoms with van der Waals surface area (Å²) in [6.45, 7) is 2.01. The number of Topliss-reactive ketones (excluding diaryl/α,β-unsaturated/α-hetero) is 1. The van der Waals surface area contributed by atoms with Crippen LogP contribution in [0.4, 0.5) is 0 Å². The number of rotatable bonds is 0. The maximum atomic E-state index is 11.8. The van der Waals surface area contributed by atoms with Crippen molar-refractivity contribution in [1.82, 2.24) is 0 Å². The van der Waals surface area contributed by atoms with Crippen LogP contribution in [0, 0.1) is 5.92 Å². The van der Waals surface area contributed by atoms with Crippen molar-refractivity contribution in [3.63, 3.8) is 0 Å². The number of thioether (sulfide) groups is 1. The summed E-state index contributed by atoms with van der Waals surface area (Å²) < 4.78 is 0. The largest absolute Gasteiger partial charge is 0.294 e. The standard InChI is InChI=1S/C11H12OS/c1-8-6-13-7-9-4-2-3-5-10(9)11(8)12/h2-5,8H,6-7H2,1H3. The molecule has 0 saturated heterocycles. The molecule has 0 aliphatic carbocycles. The van der Waals surface area contributed by atoms with Crippen molar-refractivity contribution in [2.45, 2.75) is 12.7 Å². The highest BCUT2D eigenvalue weighted by Crippen LogP contribution is 2.26. The number of benzene rings is 1. The van der Waals surface area contributed by atoms with Gasteiger partial charge in [0.15, 0.2) is 5.78 Å². The summed E-state index contributed by atoms with van der Waals surface area (Å²) in [5.41, 5.74) is 2.13. The minimum absolute atomic E-state index is 0.175. The van der Waals surface area contributed by atoms with Crippen LogP contribution in [-0.2, 0) is 5.75 Å². The lowest BCUT2D eigenvalue weighted by Crippen LogP contribution is -2.12. The van der Waals surface area contributed by atoms with Gasteiger partial charge < -0.3 is 0 Å². The van der Waals surface area contributed by atoms with Crippen molar-refractivity contribution >= 4 is 17.5 Å². The van der Waals surface area contributed by atoms with E-state index in [0.717, 1.165) is 17.1 Å². The molecule has 0 radical (unpaired) electrons. The monoisotopic (exact) mass is 192 g/mol. The summed E-state index contributed by atoms with van der Waals surface area (Å²) in [4.78, 5) is 11.8. The van der Waals surface area contributed by atoms with E-state index in [1.54, 1.807) is 0 Å². The van der Waals surface area contributed by atoms with Crippen LogP contribution in [0.5, 0.6) is 0 Å². The minimum Gasteiger partial charge on any atom is -0.294 e. The molecule has 68 valence electrons. The Hall–Kier alpha value is -0.760. The SMILES string of the molecule is CC1CSCc2ccccc2C1=O. The van der Waals surface area contributed by atoms with Crippen LogP contribution in [0.1, 0.15) is 22.8 Å². The van der Waals surface area contributed by atoms with E-state index in [1.807, 2.05) is 36.9 Å². The Morgan fingerprint density at radius 3 is 3.00 bits per heavy atom. The Bertz CT molecular complexity index is 333. The van der Waals surface area contributed by atoms with Crippen LogP contribution in [0.2, 0.25) is 0 Å². The molecule has 0 fully saturated rings. The summed E-state index contributed by atoms with van der Waals surface area (Å²) in [6, 6.07) is 7.94. The third kappa shape index (κ3) is 1.63. The molecule has 1 aliphatic heterocycles. The van der Waals surface area contributed by atoms with Gasteiger partial charge in [-0.1, -0.05) is 31.2 Å². The van der Waals surface area contributed by atoms with Crippen molar-refractivity contribution in [2.24, 2.45) is 5.92 Å². The van der Waals surface area contributed by atoms with Crippen LogP contribution in [0.15, 0.2) is 24.3 Å². The molecule has 1 aliphatic rings. The van der Waals surface area contributed by atoms with Gasteiger partial charge in [-0.2, -0.15) is 11.8 Å². The van der Waals surface area contributed by atoms with Gasteiger partial charge >= 0.3 is 0 Å². The molecule has 0 amide bonds. The van der Waals surface area contributed by atoms with Crippen LogP contribution < -0.4 is 0 Å². The number of ketones is 1. The molecule has 0 spiro atoms. The fourth-order valence-corrected chi connectivity index (χ4v) is 2.67. The van der Waals surface area contributed by atoms with E-state index >= 15 is 0 Å². The van der Waals surface area contributed by atoms with E-state index in [1.165, 1.54) is 5.56 Å². The Labute approximate surface area is 82.5 Å². The van der Waals surface area contributed by atoms with Gasteiger partial charge in [-0.05, 0) is 5.56 Å². The molecular weight excluding hydrogens is 180 g/mol. The quantitative estimate of drug-likeness (QED) is 0.628. The second kappa shape index (κ2) is 3.54. The predicted octanol–water partition coefficient (Wildman–Crippen LogP) is 2.75. The third-order valence-electron chi connectivity index (χ3n) is 2.36. The van der Waals surface area contributed by atoms with E-state index < -0.39 is 0 Å². The second-order valence-electron chi connectivity index (χ2n) is 3.44. The van der Waals surface area contributed by atoms with E-state index in [2.05, 4.69) is 6.07 Å². The summed E-state index contributed by atoms with van der Waals surface area (Å²) in [7, 11) is 0. The highest BCUT2D eigenvalue weighted by molar-refractivity contribution is 7.98. The highest BCUT2D eigenvalue weighted by Gasteiger charge is 2.21. The van der Waals surface area contributed by atoms with Crippen LogP contribution in [0.25, 0.3) is 0 Å². The van der Waals surface area contributed by atoms with Crippen molar-refractivity contribution in [3.05, 3.63) is 35.4 Å². The number of hydrogen-bond acceptors (Lipinski definition) is 2. The van der Waals surface area contributed by atoms with Crippen molar-refractivity contribution < 1.29 is 4.79 Å². The first kappa shape index (κ1) is 8.82. The molecule has 1 nitrogen and oxygen atoms in total. The molecule has 2 rings (SSSR count). The maximum Gasteiger partial charge on any atom is 0.166 e. The molecule has 0 aromatic heterocycles. The van der Waals surface area contributed by atoms with Crippen molar-refractivity contribution in [2.75, 3.05) is 5.75 Å². The maximum absolute atomic E-state index is 11.8. The first-order chi connectivity index (χ1) is 6.29. The van der Waals surface area contributed by atoms with Gasteiger partial charge in [-0.3, -0.25) is 4.79 Å². The average Bonchev–Trinajstić information content (AvgIpc) is 2.29. The first-order valence-electron chi connectivity index (χ1n) is 4.49. The Kier molecular flexibility index (Phi) is 2.40. The molecule has 1 aromatic carbocycles. The highest BCUT2D eigenvalue weighted by atomic mass is 32.2. The van der Waals surface area contributed by atoms with Crippen molar-refractivity contribution in [1.29, 1.82) is 0 Å². The minimum atomic E-state index is 0.175. The molecule has 0 N–H and O–H groups in total. The Morgan fingerprint density at radius 2 is 2.15 bits per heavy atom. The lowest BCUT2D eigenvalue weighted by atomic mass is 9.97. The fraction of sp³-hybridized carbons (Fsp3) is 0.364. The molecule has 2 heteroatoms. The van der Waals surface area contributed by atoms with Gasteiger partial charge in [0.25, 0.3) is 0 Å². The molecule has 0 bridgehead atoms. The molecule has 1 atom stereocenters. The summed E-state index contributed by atoms with van der Waals surface area (Å²) in [5, 5.41) is 0. The number of fused-ring (bicyclic) bond motifs is 1. The zero-order valence-electron chi connectivity index (χ0n) is 7.62. The lowest BCUT2D eigenvalue weighted by molar-refractivity contribution is 0.0942. The Morgan fingerprint density at radius 1 is 1.38 bits per heavy atom. The molecule has 1 aromatic rings. The smallest absolute Gasteiger partial charge is 0.166 e. The second-order valence-corrected chi connectivity index (χ2v) is 4.47. The van der Waals surface area contributed by atoms with Crippen LogP contribution in [-0.4, -0.2) is 11.5 Å². The summed E-state index contributed by atoms with van der Waals surface area (Å²) in [6.07, 6.45) is 0. The molecule has 1 heterocycles. The zero-order valence-corrected chi connectivity index (χ0v) is 8.43.